The van der Waals surface area contributed by atoms with Crippen LogP contribution in [0.3, 0.4) is 0 Å². The van der Waals surface area contributed by atoms with Crippen LogP contribution < -0.4 is 9.64 Å². The fourth-order valence-corrected chi connectivity index (χ4v) is 4.74. The minimum absolute atomic E-state index is 0.258. The monoisotopic (exact) mass is 439 g/mol. The highest BCUT2D eigenvalue weighted by molar-refractivity contribution is 5.51. The normalized spacial score (nSPS) is 19.2. The van der Waals surface area contributed by atoms with Crippen LogP contribution in [0.25, 0.3) is 0 Å². The Kier molecular flexibility index (Phi) is 7.95. The van der Waals surface area contributed by atoms with Crippen molar-refractivity contribution in [1.82, 2.24) is 19.8 Å². The largest absolute Gasteiger partial charge is 0.462 e. The maximum absolute atomic E-state index is 9.43. The molecule has 1 N–H and O–H groups in total. The van der Waals surface area contributed by atoms with Crippen LogP contribution in [0.4, 0.5) is 5.82 Å². The van der Waals surface area contributed by atoms with E-state index >= 15 is 0 Å². The van der Waals surface area contributed by atoms with Crippen molar-refractivity contribution in [1.29, 1.82) is 0 Å². The summed E-state index contributed by atoms with van der Waals surface area (Å²) in [6.45, 7) is 6.38. The molecular formula is C25H37N5O2. The van der Waals surface area contributed by atoms with Gasteiger partial charge in [0.1, 0.15) is 12.4 Å². The summed E-state index contributed by atoms with van der Waals surface area (Å²) in [5, 5.41) is 9.43. The quantitative estimate of drug-likeness (QED) is 0.644. The molecule has 0 aliphatic carbocycles. The molecule has 0 radical (unpaired) electrons. The van der Waals surface area contributed by atoms with E-state index in [4.69, 9.17) is 14.7 Å². The van der Waals surface area contributed by atoms with Gasteiger partial charge in [-0.05, 0) is 51.3 Å². The van der Waals surface area contributed by atoms with Gasteiger partial charge in [-0.1, -0.05) is 30.3 Å². The summed E-state index contributed by atoms with van der Waals surface area (Å²) in [4.78, 5) is 16.7. The number of fused-ring (bicyclic) bond motifs is 1. The summed E-state index contributed by atoms with van der Waals surface area (Å²) in [5.41, 5.74) is 3.70. The number of ether oxygens (including phenoxy) is 1. The van der Waals surface area contributed by atoms with E-state index in [2.05, 4.69) is 45.0 Å². The molecule has 7 nitrogen and oxygen atoms in total. The van der Waals surface area contributed by atoms with Gasteiger partial charge in [-0.3, -0.25) is 4.90 Å². The highest BCUT2D eigenvalue weighted by Gasteiger charge is 2.28. The topological polar surface area (TPSA) is 65.0 Å². The minimum Gasteiger partial charge on any atom is -0.462 e. The predicted molar refractivity (Wildman–Crippen MR) is 127 cm³/mol. The fraction of sp³-hybridized carbons (Fsp3) is 0.600. The van der Waals surface area contributed by atoms with E-state index in [-0.39, 0.29) is 6.61 Å². The number of piperidine rings is 1. The van der Waals surface area contributed by atoms with Crippen LogP contribution in [0.5, 0.6) is 6.01 Å². The van der Waals surface area contributed by atoms with Crippen LogP contribution in [0, 0.1) is 5.92 Å². The smallest absolute Gasteiger partial charge is 0.318 e. The van der Waals surface area contributed by atoms with Gasteiger partial charge in [0.05, 0.1) is 5.69 Å². The van der Waals surface area contributed by atoms with E-state index in [1.807, 2.05) is 14.1 Å². The molecular weight excluding hydrogens is 402 g/mol. The molecule has 2 aliphatic rings. The number of anilines is 1. The molecule has 1 aromatic carbocycles. The van der Waals surface area contributed by atoms with Crippen molar-refractivity contribution in [2.75, 3.05) is 58.4 Å². The molecule has 1 unspecified atom stereocenters. The van der Waals surface area contributed by atoms with Crippen molar-refractivity contribution >= 4 is 5.82 Å². The highest BCUT2D eigenvalue weighted by Crippen LogP contribution is 2.32. The van der Waals surface area contributed by atoms with E-state index in [9.17, 15) is 5.11 Å². The average molecular weight is 440 g/mol. The number of aromatic nitrogens is 2. The lowest BCUT2D eigenvalue weighted by atomic mass is 9.94. The van der Waals surface area contributed by atoms with E-state index in [0.717, 1.165) is 70.0 Å². The van der Waals surface area contributed by atoms with Crippen molar-refractivity contribution in [3.8, 4) is 6.01 Å². The van der Waals surface area contributed by atoms with Crippen LogP contribution in [-0.2, 0) is 19.5 Å². The van der Waals surface area contributed by atoms with Crippen molar-refractivity contribution in [2.24, 2.45) is 5.92 Å². The summed E-state index contributed by atoms with van der Waals surface area (Å²) >= 11 is 0. The van der Waals surface area contributed by atoms with E-state index < -0.39 is 0 Å². The minimum atomic E-state index is 0.258. The molecule has 32 heavy (non-hydrogen) atoms. The summed E-state index contributed by atoms with van der Waals surface area (Å²) < 4.78 is 5.99. The number of hydrogen-bond acceptors (Lipinski definition) is 7. The maximum Gasteiger partial charge on any atom is 0.318 e. The molecule has 0 spiro atoms. The Hall–Kier alpha value is -2.22. The third kappa shape index (κ3) is 5.97. The third-order valence-corrected chi connectivity index (χ3v) is 6.48. The first-order valence-corrected chi connectivity index (χ1v) is 11.9. The predicted octanol–water partition coefficient (Wildman–Crippen LogP) is 2.57. The zero-order chi connectivity index (χ0) is 22.3. The number of likely N-dealkylation sites (N-methyl/N-ethyl adjacent to an activating group) is 1. The lowest BCUT2D eigenvalue weighted by Crippen LogP contribution is -2.39. The molecule has 4 rings (SSSR count). The molecule has 0 bridgehead atoms. The maximum atomic E-state index is 9.43. The second-order valence-electron chi connectivity index (χ2n) is 9.32. The fourth-order valence-electron chi connectivity index (χ4n) is 4.74. The van der Waals surface area contributed by atoms with Crippen LogP contribution >= 0.6 is 0 Å². The van der Waals surface area contributed by atoms with Gasteiger partial charge in [0.15, 0.2) is 0 Å². The van der Waals surface area contributed by atoms with Crippen molar-refractivity contribution in [2.45, 2.75) is 38.8 Å². The Morgan fingerprint density at radius 3 is 2.78 bits per heavy atom. The molecule has 7 heteroatoms. The van der Waals surface area contributed by atoms with E-state index in [1.54, 1.807) is 0 Å². The number of hydrogen-bond donors (Lipinski definition) is 1. The molecule has 2 aromatic rings. The van der Waals surface area contributed by atoms with Crippen LogP contribution in [-0.4, -0.2) is 78.4 Å². The third-order valence-electron chi connectivity index (χ3n) is 6.48. The number of benzene rings is 1. The number of aliphatic hydroxyl groups is 1. The summed E-state index contributed by atoms with van der Waals surface area (Å²) in [7, 11) is 4.08. The highest BCUT2D eigenvalue weighted by atomic mass is 16.5. The SMILES string of the molecule is CN(C)CCOc1nc2c(c(N3CCCC(CCO)C3)n1)CCN(Cc1ccccc1)C2. The summed E-state index contributed by atoms with van der Waals surface area (Å²) in [6, 6.07) is 11.1. The molecule has 0 amide bonds. The number of rotatable bonds is 9. The van der Waals surface area contributed by atoms with Crippen LogP contribution in [0.15, 0.2) is 30.3 Å². The van der Waals surface area contributed by atoms with Crippen molar-refractivity contribution < 1.29 is 9.84 Å². The second-order valence-corrected chi connectivity index (χ2v) is 9.32. The lowest BCUT2D eigenvalue weighted by Gasteiger charge is -2.37. The molecule has 174 valence electrons. The molecule has 1 fully saturated rings. The lowest BCUT2D eigenvalue weighted by molar-refractivity contribution is 0.226. The Balaban J connectivity index is 1.56. The zero-order valence-electron chi connectivity index (χ0n) is 19.5. The molecule has 1 atom stereocenters. The Labute approximate surface area is 192 Å². The standard InChI is InChI=1S/C25H37N5O2/c1-28(2)14-16-32-25-26-23-19-29(17-20-7-4-3-5-8-20)13-10-22(23)24(27-25)30-12-6-9-21(18-30)11-15-31/h3-5,7-8,21,31H,6,9-19H2,1-2H3. The molecule has 2 aliphatic heterocycles. The van der Waals surface area contributed by atoms with Gasteiger partial charge in [-0.15, -0.1) is 0 Å². The molecule has 0 saturated carbocycles. The van der Waals surface area contributed by atoms with Gasteiger partial charge in [0.2, 0.25) is 0 Å². The average Bonchev–Trinajstić information content (AvgIpc) is 2.79. The van der Waals surface area contributed by atoms with Crippen molar-refractivity contribution in [3.05, 3.63) is 47.2 Å². The first-order chi connectivity index (χ1) is 15.6. The van der Waals surface area contributed by atoms with Gasteiger partial charge >= 0.3 is 6.01 Å². The summed E-state index contributed by atoms with van der Waals surface area (Å²) in [6.07, 6.45) is 4.14. The molecule has 1 aromatic heterocycles. The van der Waals surface area contributed by atoms with Gasteiger partial charge in [0.25, 0.3) is 0 Å². The van der Waals surface area contributed by atoms with Crippen LogP contribution in [0.2, 0.25) is 0 Å². The number of aliphatic hydroxyl groups excluding tert-OH is 1. The van der Waals surface area contributed by atoms with Gasteiger partial charge < -0.3 is 19.6 Å². The van der Waals surface area contributed by atoms with E-state index in [0.29, 0.717) is 18.5 Å². The Bertz CT molecular complexity index is 859. The zero-order valence-corrected chi connectivity index (χ0v) is 19.5. The van der Waals surface area contributed by atoms with Crippen LogP contribution in [0.1, 0.15) is 36.1 Å². The van der Waals surface area contributed by atoms with Crippen molar-refractivity contribution in [3.63, 3.8) is 0 Å². The van der Waals surface area contributed by atoms with Gasteiger partial charge in [-0.2, -0.15) is 9.97 Å². The molecule has 1 saturated heterocycles. The van der Waals surface area contributed by atoms with E-state index in [1.165, 1.54) is 17.5 Å². The molecule has 3 heterocycles. The Morgan fingerprint density at radius 2 is 2.00 bits per heavy atom. The van der Waals surface area contributed by atoms with Gasteiger partial charge in [-0.25, -0.2) is 0 Å². The first-order valence-electron chi connectivity index (χ1n) is 11.9. The summed E-state index contributed by atoms with van der Waals surface area (Å²) in [5.74, 6) is 1.58. The Morgan fingerprint density at radius 1 is 1.16 bits per heavy atom. The second kappa shape index (κ2) is 11.1. The van der Waals surface area contributed by atoms with Gasteiger partial charge in [0, 0.05) is 51.4 Å². The first kappa shape index (κ1) is 23.0. The number of nitrogens with zero attached hydrogens (tertiary/aromatic N) is 5.